The topological polar surface area (TPSA) is 54.0 Å². The van der Waals surface area contributed by atoms with Crippen molar-refractivity contribution < 1.29 is 9.18 Å². The maximum Gasteiger partial charge on any atom is 0.257 e. The highest BCUT2D eigenvalue weighted by molar-refractivity contribution is 6.08. The van der Waals surface area contributed by atoms with Gasteiger partial charge in [-0.15, -0.1) is 0 Å². The molecular formula is C15H16FN3O. The van der Waals surface area contributed by atoms with Crippen molar-refractivity contribution in [1.82, 2.24) is 4.98 Å². The Balaban J connectivity index is 2.24. The fourth-order valence-corrected chi connectivity index (χ4v) is 1.88. The summed E-state index contributed by atoms with van der Waals surface area (Å²) in [7, 11) is 0. The zero-order valence-electron chi connectivity index (χ0n) is 11.4. The third-order valence-electron chi connectivity index (χ3n) is 2.87. The van der Waals surface area contributed by atoms with Gasteiger partial charge in [-0.25, -0.2) is 4.39 Å². The highest BCUT2D eigenvalue weighted by Crippen LogP contribution is 2.19. The molecule has 0 saturated heterocycles. The number of aromatic nitrogens is 1. The quantitative estimate of drug-likeness (QED) is 0.899. The summed E-state index contributed by atoms with van der Waals surface area (Å²) in [6.45, 7) is 4.39. The predicted molar refractivity (Wildman–Crippen MR) is 77.5 cm³/mol. The van der Waals surface area contributed by atoms with Crippen LogP contribution in [0.4, 0.5) is 15.8 Å². The van der Waals surface area contributed by atoms with E-state index in [1.165, 1.54) is 12.1 Å². The number of aryl methyl sites for hydroxylation is 1. The van der Waals surface area contributed by atoms with Crippen LogP contribution in [0.3, 0.4) is 0 Å². The minimum absolute atomic E-state index is 0.252. The lowest BCUT2D eigenvalue weighted by Crippen LogP contribution is -2.15. The molecule has 0 aliphatic carbocycles. The maximum atomic E-state index is 13.0. The van der Waals surface area contributed by atoms with Gasteiger partial charge in [-0.2, -0.15) is 0 Å². The summed E-state index contributed by atoms with van der Waals surface area (Å²) in [5.41, 5.74) is 2.45. The Morgan fingerprint density at radius 2 is 2.10 bits per heavy atom. The molecule has 1 amide bonds. The summed E-state index contributed by atoms with van der Waals surface area (Å²) < 4.78 is 13.0. The van der Waals surface area contributed by atoms with Crippen molar-refractivity contribution in [1.29, 1.82) is 0 Å². The molecule has 0 fully saturated rings. The molecule has 1 heterocycles. The van der Waals surface area contributed by atoms with Gasteiger partial charge in [0.15, 0.2) is 0 Å². The number of halogens is 1. The van der Waals surface area contributed by atoms with Crippen LogP contribution in [0.2, 0.25) is 0 Å². The van der Waals surface area contributed by atoms with E-state index < -0.39 is 0 Å². The first-order valence-electron chi connectivity index (χ1n) is 6.37. The van der Waals surface area contributed by atoms with E-state index in [0.717, 1.165) is 0 Å². The van der Waals surface area contributed by atoms with Gasteiger partial charge in [0, 0.05) is 18.4 Å². The first-order valence-corrected chi connectivity index (χ1v) is 6.37. The number of hydrogen-bond acceptors (Lipinski definition) is 3. The zero-order valence-corrected chi connectivity index (χ0v) is 11.4. The second kappa shape index (κ2) is 6.14. The molecule has 2 aromatic rings. The highest BCUT2D eigenvalue weighted by atomic mass is 19.1. The lowest BCUT2D eigenvalue weighted by molar-refractivity contribution is 0.102. The zero-order chi connectivity index (χ0) is 14.5. The minimum Gasteiger partial charge on any atom is -0.383 e. The van der Waals surface area contributed by atoms with Gasteiger partial charge in [0.2, 0.25) is 0 Å². The van der Waals surface area contributed by atoms with Crippen LogP contribution in [0.25, 0.3) is 0 Å². The third kappa shape index (κ3) is 3.12. The minimum atomic E-state index is -0.322. The first-order chi connectivity index (χ1) is 9.61. The van der Waals surface area contributed by atoms with Crippen LogP contribution in [0.15, 0.2) is 36.7 Å². The van der Waals surface area contributed by atoms with Crippen LogP contribution in [0.5, 0.6) is 0 Å². The second-order valence-electron chi connectivity index (χ2n) is 4.36. The van der Waals surface area contributed by atoms with E-state index in [9.17, 15) is 9.18 Å². The molecule has 20 heavy (non-hydrogen) atoms. The van der Waals surface area contributed by atoms with Crippen LogP contribution in [-0.2, 0) is 0 Å². The summed E-state index contributed by atoms with van der Waals surface area (Å²) in [6, 6.07) is 5.90. The van der Waals surface area contributed by atoms with E-state index in [-0.39, 0.29) is 11.7 Å². The fourth-order valence-electron chi connectivity index (χ4n) is 1.88. The van der Waals surface area contributed by atoms with Gasteiger partial charge in [0.25, 0.3) is 5.91 Å². The van der Waals surface area contributed by atoms with Crippen molar-refractivity contribution in [2.45, 2.75) is 13.8 Å². The fraction of sp³-hybridized carbons (Fsp3) is 0.200. The van der Waals surface area contributed by atoms with E-state index >= 15 is 0 Å². The number of carbonyl (C=O) groups is 1. The molecule has 0 unspecified atom stereocenters. The van der Waals surface area contributed by atoms with Gasteiger partial charge in [0.1, 0.15) is 5.82 Å². The normalized spacial score (nSPS) is 10.2. The van der Waals surface area contributed by atoms with E-state index in [1.54, 1.807) is 31.5 Å². The average molecular weight is 273 g/mol. The molecule has 0 saturated carbocycles. The van der Waals surface area contributed by atoms with Crippen molar-refractivity contribution in [3.63, 3.8) is 0 Å². The van der Waals surface area contributed by atoms with Gasteiger partial charge in [-0.3, -0.25) is 9.78 Å². The number of nitrogens with zero attached hydrogens (tertiary/aromatic N) is 1. The van der Waals surface area contributed by atoms with E-state index in [4.69, 9.17) is 0 Å². The van der Waals surface area contributed by atoms with Crippen molar-refractivity contribution >= 4 is 17.3 Å². The summed E-state index contributed by atoms with van der Waals surface area (Å²) in [4.78, 5) is 16.3. The molecule has 2 rings (SSSR count). The molecule has 2 N–H and O–H groups in total. The van der Waals surface area contributed by atoms with Crippen molar-refractivity contribution in [2.24, 2.45) is 0 Å². The Morgan fingerprint density at radius 3 is 2.80 bits per heavy atom. The predicted octanol–water partition coefficient (Wildman–Crippen LogP) is 3.21. The molecular weight excluding hydrogens is 257 g/mol. The van der Waals surface area contributed by atoms with Crippen molar-refractivity contribution in [3.05, 3.63) is 53.6 Å². The van der Waals surface area contributed by atoms with E-state index in [1.807, 2.05) is 6.92 Å². The van der Waals surface area contributed by atoms with Crippen molar-refractivity contribution in [2.75, 3.05) is 17.2 Å². The van der Waals surface area contributed by atoms with Gasteiger partial charge < -0.3 is 10.6 Å². The van der Waals surface area contributed by atoms with Gasteiger partial charge in [-0.1, -0.05) is 0 Å². The number of nitrogens with one attached hydrogen (secondary N) is 2. The second-order valence-corrected chi connectivity index (χ2v) is 4.36. The van der Waals surface area contributed by atoms with Crippen LogP contribution >= 0.6 is 0 Å². The molecule has 1 aromatic carbocycles. The molecule has 0 bridgehead atoms. The molecule has 0 aliphatic rings. The molecule has 104 valence electrons. The molecule has 0 aliphatic heterocycles. The molecule has 0 atom stereocenters. The molecule has 5 heteroatoms. The number of rotatable bonds is 4. The summed E-state index contributed by atoms with van der Waals surface area (Å²) >= 11 is 0. The number of hydrogen-bond donors (Lipinski definition) is 2. The number of benzene rings is 1. The molecule has 0 radical (unpaired) electrons. The number of carbonyl (C=O) groups excluding carboxylic acids is 1. The van der Waals surface area contributed by atoms with E-state index in [2.05, 4.69) is 15.6 Å². The van der Waals surface area contributed by atoms with E-state index in [0.29, 0.717) is 29.0 Å². The Labute approximate surface area is 117 Å². The summed E-state index contributed by atoms with van der Waals surface area (Å²) in [6.07, 6.45) is 3.17. The van der Waals surface area contributed by atoms with Crippen LogP contribution in [0, 0.1) is 12.7 Å². The highest BCUT2D eigenvalue weighted by Gasteiger charge is 2.12. The SMILES string of the molecule is CCNc1cnccc1C(=O)Nc1ccc(F)cc1C. The summed E-state index contributed by atoms with van der Waals surface area (Å²) in [5.74, 6) is -0.573. The Kier molecular flexibility index (Phi) is 4.30. The smallest absolute Gasteiger partial charge is 0.257 e. The molecule has 0 spiro atoms. The Morgan fingerprint density at radius 1 is 1.30 bits per heavy atom. The monoisotopic (exact) mass is 273 g/mol. The summed E-state index contributed by atoms with van der Waals surface area (Å²) in [5, 5.41) is 5.86. The maximum absolute atomic E-state index is 13.0. The van der Waals surface area contributed by atoms with Crippen LogP contribution < -0.4 is 10.6 Å². The molecule has 1 aromatic heterocycles. The Bertz CT molecular complexity index is 628. The average Bonchev–Trinajstić information content (AvgIpc) is 2.43. The number of amides is 1. The van der Waals surface area contributed by atoms with Gasteiger partial charge in [0.05, 0.1) is 17.4 Å². The lowest BCUT2D eigenvalue weighted by Gasteiger charge is -2.12. The van der Waals surface area contributed by atoms with Gasteiger partial charge >= 0.3 is 0 Å². The standard InChI is InChI=1S/C15H16FN3O/c1-3-18-14-9-17-7-6-12(14)15(20)19-13-5-4-11(16)8-10(13)2/h4-9,18H,3H2,1-2H3,(H,19,20). The van der Waals surface area contributed by atoms with Crippen LogP contribution in [0.1, 0.15) is 22.8 Å². The Hall–Kier alpha value is -2.43. The van der Waals surface area contributed by atoms with Gasteiger partial charge in [-0.05, 0) is 43.7 Å². The lowest BCUT2D eigenvalue weighted by atomic mass is 10.1. The third-order valence-corrected chi connectivity index (χ3v) is 2.87. The number of anilines is 2. The first kappa shape index (κ1) is 14.0. The van der Waals surface area contributed by atoms with Crippen LogP contribution in [-0.4, -0.2) is 17.4 Å². The van der Waals surface area contributed by atoms with Crippen molar-refractivity contribution in [3.8, 4) is 0 Å². The molecule has 4 nitrogen and oxygen atoms in total. The number of pyridine rings is 1. The largest absolute Gasteiger partial charge is 0.383 e.